The van der Waals surface area contributed by atoms with E-state index in [0.717, 1.165) is 6.42 Å². The van der Waals surface area contributed by atoms with Crippen LogP contribution in [0.5, 0.6) is 0 Å². The molecular weight excluding hydrogens is 332 g/mol. The molecule has 138 valence electrons. The summed E-state index contributed by atoms with van der Waals surface area (Å²) in [6.07, 6.45) is 2.47. The SMILES string of the molecule is CCc1ccc(C(=O)Nc2cnn(CC)c(=O)c2N2CCOCC2)cc1. The maximum Gasteiger partial charge on any atom is 0.292 e. The summed E-state index contributed by atoms with van der Waals surface area (Å²) in [7, 11) is 0. The molecular formula is C19H24N4O3. The molecule has 0 atom stereocenters. The fourth-order valence-corrected chi connectivity index (χ4v) is 2.97. The van der Waals surface area contributed by atoms with Crippen LogP contribution in [0.2, 0.25) is 0 Å². The predicted octanol–water partition coefficient (Wildman–Crippen LogP) is 1.91. The lowest BCUT2D eigenvalue weighted by molar-refractivity contribution is 0.102. The zero-order valence-corrected chi connectivity index (χ0v) is 15.2. The predicted molar refractivity (Wildman–Crippen MR) is 101 cm³/mol. The second kappa shape index (κ2) is 8.14. The highest BCUT2D eigenvalue weighted by Gasteiger charge is 2.21. The molecule has 1 N–H and O–H groups in total. The number of nitrogens with one attached hydrogen (secondary N) is 1. The van der Waals surface area contributed by atoms with Crippen LogP contribution in [0.4, 0.5) is 11.4 Å². The number of ether oxygens (including phenoxy) is 1. The molecule has 0 radical (unpaired) electrons. The zero-order chi connectivity index (χ0) is 18.5. The first-order chi connectivity index (χ1) is 12.6. The van der Waals surface area contributed by atoms with Gasteiger partial charge in [-0.25, -0.2) is 4.68 Å². The summed E-state index contributed by atoms with van der Waals surface area (Å²) in [6, 6.07) is 7.46. The third-order valence-electron chi connectivity index (χ3n) is 4.52. The molecule has 7 heteroatoms. The van der Waals surface area contributed by atoms with Crippen LogP contribution in [-0.2, 0) is 17.7 Å². The van der Waals surface area contributed by atoms with E-state index >= 15 is 0 Å². The summed E-state index contributed by atoms with van der Waals surface area (Å²) in [5, 5.41) is 7.01. The number of nitrogens with zero attached hydrogens (tertiary/aromatic N) is 3. The quantitative estimate of drug-likeness (QED) is 0.886. The summed E-state index contributed by atoms with van der Waals surface area (Å²) in [4.78, 5) is 27.4. The number of carbonyl (C=O) groups is 1. The Morgan fingerprint density at radius 1 is 1.19 bits per heavy atom. The lowest BCUT2D eigenvalue weighted by Gasteiger charge is -2.29. The van der Waals surface area contributed by atoms with Crippen LogP contribution in [0.15, 0.2) is 35.3 Å². The molecule has 2 heterocycles. The zero-order valence-electron chi connectivity index (χ0n) is 15.2. The van der Waals surface area contributed by atoms with Crippen LogP contribution in [-0.4, -0.2) is 42.0 Å². The Labute approximate surface area is 152 Å². The van der Waals surface area contributed by atoms with Crippen molar-refractivity contribution in [2.75, 3.05) is 36.5 Å². The number of aromatic nitrogens is 2. The second-order valence-corrected chi connectivity index (χ2v) is 6.13. The molecule has 1 fully saturated rings. The normalized spacial score (nSPS) is 14.3. The van der Waals surface area contributed by atoms with Crippen molar-refractivity contribution in [1.82, 2.24) is 9.78 Å². The van der Waals surface area contributed by atoms with Gasteiger partial charge in [0.05, 0.1) is 25.1 Å². The van der Waals surface area contributed by atoms with Gasteiger partial charge in [0.25, 0.3) is 11.5 Å². The monoisotopic (exact) mass is 356 g/mol. The molecule has 26 heavy (non-hydrogen) atoms. The topological polar surface area (TPSA) is 76.5 Å². The number of morpholine rings is 1. The average molecular weight is 356 g/mol. The lowest BCUT2D eigenvalue weighted by Crippen LogP contribution is -2.41. The van der Waals surface area contributed by atoms with Crippen LogP contribution >= 0.6 is 0 Å². The van der Waals surface area contributed by atoms with Gasteiger partial charge in [0.2, 0.25) is 0 Å². The number of amides is 1. The van der Waals surface area contributed by atoms with Gasteiger partial charge in [0, 0.05) is 25.2 Å². The summed E-state index contributed by atoms with van der Waals surface area (Å²) in [5.41, 5.74) is 2.43. The Bertz CT molecular complexity index is 824. The van der Waals surface area contributed by atoms with Crippen molar-refractivity contribution in [2.24, 2.45) is 0 Å². The van der Waals surface area contributed by atoms with Gasteiger partial charge in [0.15, 0.2) is 0 Å². The first kappa shape index (κ1) is 18.1. The van der Waals surface area contributed by atoms with Crippen molar-refractivity contribution in [2.45, 2.75) is 26.8 Å². The van der Waals surface area contributed by atoms with Crippen LogP contribution in [0.25, 0.3) is 0 Å². The van der Waals surface area contributed by atoms with E-state index in [-0.39, 0.29) is 11.5 Å². The third kappa shape index (κ3) is 3.77. The van der Waals surface area contributed by atoms with E-state index in [1.165, 1.54) is 10.2 Å². The van der Waals surface area contributed by atoms with Crippen LogP contribution < -0.4 is 15.8 Å². The van der Waals surface area contributed by atoms with Gasteiger partial charge in [-0.2, -0.15) is 5.10 Å². The van der Waals surface area contributed by atoms with Crippen molar-refractivity contribution in [3.63, 3.8) is 0 Å². The number of benzene rings is 1. The van der Waals surface area contributed by atoms with E-state index in [9.17, 15) is 9.59 Å². The van der Waals surface area contributed by atoms with Gasteiger partial charge in [-0.15, -0.1) is 0 Å². The van der Waals surface area contributed by atoms with Gasteiger partial charge in [-0.05, 0) is 31.0 Å². The average Bonchev–Trinajstić information content (AvgIpc) is 2.69. The molecule has 1 aromatic carbocycles. The largest absolute Gasteiger partial charge is 0.378 e. The first-order valence-corrected chi connectivity index (χ1v) is 8.97. The molecule has 2 aromatic rings. The number of aryl methyl sites for hydroxylation is 2. The van der Waals surface area contributed by atoms with E-state index in [1.807, 2.05) is 24.0 Å². The fraction of sp³-hybridized carbons (Fsp3) is 0.421. The standard InChI is InChI=1S/C19H24N4O3/c1-3-14-5-7-15(8-6-14)18(24)21-16-13-20-23(4-2)19(25)17(16)22-9-11-26-12-10-22/h5-8,13H,3-4,9-12H2,1-2H3,(H,21,24). The maximum atomic E-state index is 12.8. The number of carbonyl (C=O) groups excluding carboxylic acids is 1. The fourth-order valence-electron chi connectivity index (χ4n) is 2.97. The minimum absolute atomic E-state index is 0.200. The molecule has 1 amide bonds. The van der Waals surface area contributed by atoms with E-state index in [1.54, 1.807) is 18.3 Å². The number of hydrogen-bond acceptors (Lipinski definition) is 5. The molecule has 7 nitrogen and oxygen atoms in total. The van der Waals surface area contributed by atoms with Gasteiger partial charge in [-0.3, -0.25) is 9.59 Å². The van der Waals surface area contributed by atoms with E-state index in [0.29, 0.717) is 49.8 Å². The molecule has 0 saturated carbocycles. The molecule has 1 aliphatic heterocycles. The Balaban J connectivity index is 1.91. The van der Waals surface area contributed by atoms with E-state index in [2.05, 4.69) is 17.3 Å². The summed E-state index contributed by atoms with van der Waals surface area (Å²) in [6.45, 7) is 6.74. The minimum atomic E-state index is -0.252. The molecule has 1 saturated heterocycles. The Kier molecular flexibility index (Phi) is 5.68. The van der Waals surface area contributed by atoms with Crippen molar-refractivity contribution in [1.29, 1.82) is 0 Å². The second-order valence-electron chi connectivity index (χ2n) is 6.13. The molecule has 0 spiro atoms. The van der Waals surface area contributed by atoms with Crippen molar-refractivity contribution < 1.29 is 9.53 Å². The molecule has 1 aliphatic rings. The number of anilines is 2. The Hall–Kier alpha value is -2.67. The molecule has 0 aliphatic carbocycles. The summed E-state index contributed by atoms with van der Waals surface area (Å²) >= 11 is 0. The highest BCUT2D eigenvalue weighted by molar-refractivity contribution is 6.05. The number of hydrogen-bond donors (Lipinski definition) is 1. The highest BCUT2D eigenvalue weighted by Crippen LogP contribution is 2.22. The van der Waals surface area contributed by atoms with Crippen molar-refractivity contribution in [3.05, 3.63) is 51.9 Å². The number of rotatable bonds is 5. The van der Waals surface area contributed by atoms with Crippen molar-refractivity contribution in [3.8, 4) is 0 Å². The Morgan fingerprint density at radius 3 is 2.50 bits per heavy atom. The van der Waals surface area contributed by atoms with Gasteiger partial charge in [-0.1, -0.05) is 19.1 Å². The highest BCUT2D eigenvalue weighted by atomic mass is 16.5. The van der Waals surface area contributed by atoms with Gasteiger partial charge >= 0.3 is 0 Å². The summed E-state index contributed by atoms with van der Waals surface area (Å²) < 4.78 is 6.78. The van der Waals surface area contributed by atoms with Crippen LogP contribution in [0.3, 0.4) is 0 Å². The smallest absolute Gasteiger partial charge is 0.292 e. The van der Waals surface area contributed by atoms with Gasteiger partial charge in [0.1, 0.15) is 5.69 Å². The summed E-state index contributed by atoms with van der Waals surface area (Å²) in [5.74, 6) is -0.252. The van der Waals surface area contributed by atoms with Gasteiger partial charge < -0.3 is 15.0 Å². The molecule has 1 aromatic heterocycles. The van der Waals surface area contributed by atoms with E-state index < -0.39 is 0 Å². The van der Waals surface area contributed by atoms with Crippen molar-refractivity contribution >= 4 is 17.3 Å². The molecule has 0 bridgehead atoms. The lowest BCUT2D eigenvalue weighted by atomic mass is 10.1. The Morgan fingerprint density at radius 2 is 1.88 bits per heavy atom. The maximum absolute atomic E-state index is 12.8. The van der Waals surface area contributed by atoms with Crippen LogP contribution in [0, 0.1) is 0 Å². The van der Waals surface area contributed by atoms with E-state index in [4.69, 9.17) is 4.74 Å². The first-order valence-electron chi connectivity index (χ1n) is 8.97. The third-order valence-corrected chi connectivity index (χ3v) is 4.52. The molecule has 0 unspecified atom stereocenters. The minimum Gasteiger partial charge on any atom is -0.378 e. The van der Waals surface area contributed by atoms with Crippen LogP contribution in [0.1, 0.15) is 29.8 Å². The molecule has 3 rings (SSSR count).